The molecule has 0 aromatic carbocycles. The van der Waals surface area contributed by atoms with Crippen molar-refractivity contribution in [2.75, 3.05) is 34.5 Å². The van der Waals surface area contributed by atoms with Gasteiger partial charge in [0.2, 0.25) is 5.79 Å². The quantitative estimate of drug-likeness (QED) is 0.0595. The number of Topliss-reactive ketones (excluding diaryl/α,β-unsaturated/α-hetero) is 2. The van der Waals surface area contributed by atoms with E-state index in [0.29, 0.717) is 42.7 Å². The van der Waals surface area contributed by atoms with Crippen LogP contribution in [0, 0.1) is 29.6 Å². The molecule has 19 nitrogen and oxygen atoms in total. The minimum Gasteiger partial charge on any atom is -0.456 e. The number of carbonyl (C=O) groups is 7. The first kappa shape index (κ1) is 68.1. The zero-order valence-electron chi connectivity index (χ0n) is 52.1. The summed E-state index contributed by atoms with van der Waals surface area (Å²) in [5, 5.41) is 12.5. The molecule has 0 radical (unpaired) electrons. The standard InChI is InChI=1S/C60H100N2O17Si2/c1-36-29-37(2)31-48(72-13)53-49(73-14)33-39(4)60(70,76-53)54(66)55(67)61-27-20-19-21-43(61)56(68)75-52(38(3)32-41-22-23-45(47(34-41)71-12)78-80(15,16)58(6,7)8)40(5)46(79-81(17,18)59(9,10)11)35-44(63)42(30-36)26-28-74-57(69)77-62-50(64)24-25-51(62)65/h30,32,37,39-43,45-49,52-53,70H,19-29,31,33-35H2,1-18H3/b36-30+,38-32+/t37-,39+,40+,41?,42+,43?,45+,46-,47+,48-,49-,52+,53+,60+/m0/s1. The molecule has 14 atom stereocenters. The number of ether oxygens (including phenoxy) is 6. The molecule has 2 unspecified atom stereocenters. The summed E-state index contributed by atoms with van der Waals surface area (Å²) >= 11 is 0. The largest absolute Gasteiger partial charge is 0.533 e. The van der Waals surface area contributed by atoms with E-state index in [1.54, 1.807) is 14.0 Å². The normalized spacial score (nSPS) is 34.2. The number of cyclic esters (lactones) is 1. The summed E-state index contributed by atoms with van der Waals surface area (Å²) in [6.07, 6.45) is 2.30. The van der Waals surface area contributed by atoms with Gasteiger partial charge in [-0.05, 0) is 132 Å². The number of hydrogen-bond donors (Lipinski definition) is 1. The van der Waals surface area contributed by atoms with Crippen molar-refractivity contribution in [2.45, 2.75) is 250 Å². The van der Waals surface area contributed by atoms with Gasteiger partial charge in [-0.2, -0.15) is 0 Å². The highest BCUT2D eigenvalue weighted by molar-refractivity contribution is 6.74. The molecule has 460 valence electrons. The van der Waals surface area contributed by atoms with Crippen molar-refractivity contribution in [3.8, 4) is 0 Å². The molecule has 81 heavy (non-hydrogen) atoms. The molecule has 4 aliphatic heterocycles. The van der Waals surface area contributed by atoms with Crippen molar-refractivity contribution in [1.29, 1.82) is 0 Å². The lowest BCUT2D eigenvalue weighted by Gasteiger charge is -2.47. The number of fused-ring (bicyclic) bond motifs is 3. The number of esters is 1. The Bertz CT molecular complexity index is 2290. The molecule has 0 aromatic rings. The van der Waals surface area contributed by atoms with Crippen LogP contribution in [-0.2, 0) is 70.9 Å². The first-order valence-electron chi connectivity index (χ1n) is 29.6. The van der Waals surface area contributed by atoms with E-state index >= 15 is 9.59 Å². The van der Waals surface area contributed by atoms with Gasteiger partial charge in [0, 0.05) is 64.9 Å². The maximum atomic E-state index is 15.3. The summed E-state index contributed by atoms with van der Waals surface area (Å²) in [4.78, 5) is 104. The summed E-state index contributed by atoms with van der Waals surface area (Å²) < 4.78 is 50.9. The monoisotopic (exact) mass is 1180 g/mol. The molecule has 1 N–H and O–H groups in total. The molecule has 1 aliphatic carbocycles. The van der Waals surface area contributed by atoms with E-state index in [4.69, 9.17) is 42.1 Å². The molecule has 4 heterocycles. The van der Waals surface area contributed by atoms with Gasteiger partial charge in [0.1, 0.15) is 24.0 Å². The molecule has 3 saturated heterocycles. The summed E-state index contributed by atoms with van der Waals surface area (Å²) in [5.74, 6) is -9.68. The van der Waals surface area contributed by atoms with Crippen LogP contribution in [0.15, 0.2) is 23.3 Å². The Balaban J connectivity index is 1.64. The van der Waals surface area contributed by atoms with E-state index in [2.05, 4.69) is 73.8 Å². The molecular formula is C60H100N2O17Si2. The zero-order valence-corrected chi connectivity index (χ0v) is 54.1. The average molecular weight is 1180 g/mol. The van der Waals surface area contributed by atoms with Crippen LogP contribution in [-0.4, -0.2) is 162 Å². The highest BCUT2D eigenvalue weighted by Gasteiger charge is 2.57. The Morgan fingerprint density at radius 2 is 1.36 bits per heavy atom. The van der Waals surface area contributed by atoms with E-state index in [1.165, 1.54) is 19.1 Å². The minimum absolute atomic E-state index is 0.00431. The Hall–Kier alpha value is -3.68. The van der Waals surface area contributed by atoms with Crippen molar-refractivity contribution in [1.82, 2.24) is 9.96 Å². The van der Waals surface area contributed by atoms with Crippen molar-refractivity contribution in [3.05, 3.63) is 23.3 Å². The lowest BCUT2D eigenvalue weighted by Crippen LogP contribution is -2.64. The summed E-state index contributed by atoms with van der Waals surface area (Å²) in [6.45, 7) is 30.7. The Kier molecular flexibility index (Phi) is 23.6. The SMILES string of the molecule is CO[C@H]1C[C@@H](C)C/C(C)=C/[C@@H](CCOC(=O)ON2C(=O)CCC2=O)C(=O)C[C@H](O[Si](C)(C)C(C)(C)C)[C@@H](C)[C@@H](/C(C)=C/C2CC[C@@H](O[Si](C)(C)C(C)(C)C)[C@H](OC)C2)OC(=O)C2CCCCN2C(=O)C(=O)[C@]2(O)O[C@H]1[C@@H](OC)C[C@H]2C. The van der Waals surface area contributed by atoms with E-state index < -0.39 is 112 Å². The minimum atomic E-state index is -2.74. The number of nitrogens with zero attached hydrogens (tertiary/aromatic N) is 2. The fourth-order valence-electron chi connectivity index (χ4n) is 11.7. The number of aliphatic hydroxyl groups is 1. The van der Waals surface area contributed by atoms with Crippen molar-refractivity contribution < 1.29 is 80.8 Å². The summed E-state index contributed by atoms with van der Waals surface area (Å²) in [7, 11) is -0.177. The van der Waals surface area contributed by atoms with Crippen molar-refractivity contribution in [3.63, 3.8) is 0 Å². The van der Waals surface area contributed by atoms with Crippen LogP contribution in [0.1, 0.15) is 160 Å². The van der Waals surface area contributed by atoms with E-state index in [0.717, 1.165) is 18.4 Å². The van der Waals surface area contributed by atoms with Crippen LogP contribution >= 0.6 is 0 Å². The predicted octanol–water partition coefficient (Wildman–Crippen LogP) is 9.73. The second-order valence-corrected chi connectivity index (χ2v) is 36.5. The second-order valence-electron chi connectivity index (χ2n) is 27.0. The Labute approximate surface area is 484 Å². The molecule has 0 spiro atoms. The van der Waals surface area contributed by atoms with Gasteiger partial charge in [-0.15, -0.1) is 0 Å². The average Bonchev–Trinajstić information content (AvgIpc) is 3.91. The third-order valence-electron chi connectivity index (χ3n) is 18.7. The molecule has 2 bridgehead atoms. The number of imide groups is 1. The van der Waals surface area contributed by atoms with E-state index in [-0.39, 0.29) is 91.6 Å². The third kappa shape index (κ3) is 16.8. The number of rotatable bonds is 13. The van der Waals surface area contributed by atoms with Gasteiger partial charge in [0.25, 0.3) is 23.5 Å². The van der Waals surface area contributed by atoms with E-state index in [9.17, 15) is 29.1 Å². The van der Waals surface area contributed by atoms with Gasteiger partial charge < -0.3 is 47.3 Å². The van der Waals surface area contributed by atoms with Gasteiger partial charge >= 0.3 is 12.1 Å². The number of hydroxylamine groups is 2. The number of ketones is 2. The van der Waals surface area contributed by atoms with Crippen LogP contribution in [0.4, 0.5) is 4.79 Å². The molecule has 1 saturated carbocycles. The number of methoxy groups -OCH3 is 3. The van der Waals surface area contributed by atoms with Gasteiger partial charge in [0.05, 0.1) is 37.1 Å². The topological polar surface area (TPSA) is 229 Å². The van der Waals surface area contributed by atoms with Crippen LogP contribution in [0.2, 0.25) is 36.3 Å². The molecule has 5 rings (SSSR count). The lowest BCUT2D eigenvalue weighted by atomic mass is 9.81. The van der Waals surface area contributed by atoms with Gasteiger partial charge in [0.15, 0.2) is 16.6 Å². The number of hydrogen-bond acceptors (Lipinski definition) is 17. The number of piperidine rings is 1. The number of allylic oxidation sites excluding steroid dienone is 3. The summed E-state index contributed by atoms with van der Waals surface area (Å²) in [6, 6.07) is -1.20. The van der Waals surface area contributed by atoms with Crippen LogP contribution < -0.4 is 0 Å². The van der Waals surface area contributed by atoms with Crippen LogP contribution in [0.25, 0.3) is 0 Å². The predicted molar refractivity (Wildman–Crippen MR) is 308 cm³/mol. The van der Waals surface area contributed by atoms with Crippen molar-refractivity contribution in [2.24, 2.45) is 29.6 Å². The fourth-order valence-corrected chi connectivity index (χ4v) is 14.5. The molecule has 5 aliphatic rings. The number of amides is 3. The molecule has 3 amide bonds. The summed E-state index contributed by atoms with van der Waals surface area (Å²) in [5.41, 5.74) is 1.54. The Morgan fingerprint density at radius 1 is 0.778 bits per heavy atom. The third-order valence-corrected chi connectivity index (χ3v) is 27.7. The van der Waals surface area contributed by atoms with Gasteiger partial charge in [-0.25, -0.2) is 9.59 Å². The highest BCUT2D eigenvalue weighted by atomic mass is 28.4. The fraction of sp³-hybridized carbons (Fsp3) is 0.817. The smallest absolute Gasteiger partial charge is 0.456 e. The molecule has 4 fully saturated rings. The lowest BCUT2D eigenvalue weighted by molar-refractivity contribution is -0.302. The van der Waals surface area contributed by atoms with Gasteiger partial charge in [-0.3, -0.25) is 28.8 Å². The zero-order chi connectivity index (χ0) is 60.7. The van der Waals surface area contributed by atoms with E-state index in [1.807, 2.05) is 33.8 Å². The first-order chi connectivity index (χ1) is 37.6. The molecular weight excluding hydrogens is 1080 g/mol. The second kappa shape index (κ2) is 28.0. The Morgan fingerprint density at radius 3 is 1.94 bits per heavy atom. The van der Waals surface area contributed by atoms with Crippen LogP contribution in [0.5, 0.6) is 0 Å². The van der Waals surface area contributed by atoms with Gasteiger partial charge in [-0.1, -0.05) is 85.1 Å². The van der Waals surface area contributed by atoms with Crippen LogP contribution in [0.3, 0.4) is 0 Å². The molecule has 0 aromatic heterocycles. The van der Waals surface area contributed by atoms with Crippen molar-refractivity contribution >= 4 is 58.0 Å². The molecule has 21 heteroatoms. The maximum absolute atomic E-state index is 15.3. The number of carbonyl (C=O) groups excluding carboxylic acids is 7. The maximum Gasteiger partial charge on any atom is 0.533 e. The highest BCUT2D eigenvalue weighted by Crippen LogP contribution is 2.44. The first-order valence-corrected chi connectivity index (χ1v) is 35.4.